The minimum absolute atomic E-state index is 0.417. The van der Waals surface area contributed by atoms with E-state index in [2.05, 4.69) is 11.4 Å². The summed E-state index contributed by atoms with van der Waals surface area (Å²) in [5, 5.41) is 13.3. The van der Waals surface area contributed by atoms with Crippen molar-refractivity contribution in [2.75, 3.05) is 12.4 Å². The number of methoxy groups -OCH3 is 1. The maximum absolute atomic E-state index is 9.13. The SMILES string of the molecule is COc1cccc(Cl)c1CNc1cccc(Cl)c1C#N. The van der Waals surface area contributed by atoms with Crippen molar-refractivity contribution in [1.29, 1.82) is 5.26 Å². The topological polar surface area (TPSA) is 45.0 Å². The average molecular weight is 307 g/mol. The largest absolute Gasteiger partial charge is 0.496 e. The Morgan fingerprint density at radius 1 is 1.15 bits per heavy atom. The highest BCUT2D eigenvalue weighted by atomic mass is 35.5. The van der Waals surface area contributed by atoms with Crippen molar-refractivity contribution in [3.05, 3.63) is 57.6 Å². The fraction of sp³-hybridized carbons (Fsp3) is 0.133. The van der Waals surface area contributed by atoms with Crippen molar-refractivity contribution in [2.45, 2.75) is 6.54 Å². The first-order valence-corrected chi connectivity index (χ1v) is 6.67. The van der Waals surface area contributed by atoms with E-state index >= 15 is 0 Å². The van der Waals surface area contributed by atoms with E-state index < -0.39 is 0 Å². The third-order valence-electron chi connectivity index (χ3n) is 2.88. The predicted molar refractivity (Wildman–Crippen MR) is 81.5 cm³/mol. The third kappa shape index (κ3) is 2.98. The highest BCUT2D eigenvalue weighted by Crippen LogP contribution is 2.29. The van der Waals surface area contributed by atoms with E-state index in [9.17, 15) is 0 Å². The lowest BCUT2D eigenvalue weighted by molar-refractivity contribution is 0.410. The van der Waals surface area contributed by atoms with Crippen LogP contribution in [0.5, 0.6) is 5.75 Å². The van der Waals surface area contributed by atoms with E-state index in [1.807, 2.05) is 12.1 Å². The zero-order valence-electron chi connectivity index (χ0n) is 10.8. The van der Waals surface area contributed by atoms with Gasteiger partial charge in [-0.3, -0.25) is 0 Å². The van der Waals surface area contributed by atoms with Crippen LogP contribution in [0.4, 0.5) is 5.69 Å². The van der Waals surface area contributed by atoms with Gasteiger partial charge in [0.2, 0.25) is 0 Å². The Morgan fingerprint density at radius 2 is 1.85 bits per heavy atom. The molecule has 0 saturated heterocycles. The first-order chi connectivity index (χ1) is 9.67. The molecule has 0 aliphatic heterocycles. The quantitative estimate of drug-likeness (QED) is 0.905. The van der Waals surface area contributed by atoms with E-state index in [1.165, 1.54) is 0 Å². The molecular formula is C15H12Cl2N2O. The van der Waals surface area contributed by atoms with Gasteiger partial charge < -0.3 is 10.1 Å². The van der Waals surface area contributed by atoms with Crippen LogP contribution in [0.15, 0.2) is 36.4 Å². The highest BCUT2D eigenvalue weighted by molar-refractivity contribution is 6.32. The van der Waals surface area contributed by atoms with Crippen LogP contribution in [0, 0.1) is 11.3 Å². The number of benzene rings is 2. The Bertz CT molecular complexity index is 665. The molecule has 102 valence electrons. The molecule has 0 saturated carbocycles. The zero-order valence-corrected chi connectivity index (χ0v) is 12.3. The monoisotopic (exact) mass is 306 g/mol. The van der Waals surface area contributed by atoms with Gasteiger partial charge in [-0.2, -0.15) is 5.26 Å². The molecule has 0 aromatic heterocycles. The van der Waals surface area contributed by atoms with Crippen molar-refractivity contribution in [1.82, 2.24) is 0 Å². The second kappa shape index (κ2) is 6.51. The van der Waals surface area contributed by atoms with Crippen LogP contribution in [0.25, 0.3) is 0 Å². The van der Waals surface area contributed by atoms with Gasteiger partial charge in [0, 0.05) is 17.1 Å². The van der Waals surface area contributed by atoms with Gasteiger partial charge in [-0.15, -0.1) is 0 Å². The smallest absolute Gasteiger partial charge is 0.125 e. The molecule has 0 amide bonds. The molecule has 2 aromatic carbocycles. The second-order valence-electron chi connectivity index (χ2n) is 4.05. The maximum atomic E-state index is 9.13. The lowest BCUT2D eigenvalue weighted by Gasteiger charge is -2.13. The number of halogens is 2. The van der Waals surface area contributed by atoms with Gasteiger partial charge in [0.15, 0.2) is 0 Å². The number of ether oxygens (including phenoxy) is 1. The molecule has 0 aliphatic rings. The molecule has 0 bridgehead atoms. The van der Waals surface area contributed by atoms with Gasteiger partial charge in [0.05, 0.1) is 23.4 Å². The first kappa shape index (κ1) is 14.5. The molecule has 20 heavy (non-hydrogen) atoms. The van der Waals surface area contributed by atoms with Crippen LogP contribution in [0.2, 0.25) is 10.0 Å². The van der Waals surface area contributed by atoms with E-state index in [4.69, 9.17) is 33.2 Å². The molecule has 0 atom stereocenters. The van der Waals surface area contributed by atoms with Gasteiger partial charge in [-0.1, -0.05) is 35.3 Å². The van der Waals surface area contributed by atoms with Crippen LogP contribution >= 0.6 is 23.2 Å². The van der Waals surface area contributed by atoms with Crippen molar-refractivity contribution in [2.24, 2.45) is 0 Å². The van der Waals surface area contributed by atoms with Gasteiger partial charge in [-0.25, -0.2) is 0 Å². The van der Waals surface area contributed by atoms with Crippen LogP contribution < -0.4 is 10.1 Å². The molecule has 0 radical (unpaired) electrons. The number of rotatable bonds is 4. The zero-order chi connectivity index (χ0) is 14.5. The Balaban J connectivity index is 2.26. The summed E-state index contributed by atoms with van der Waals surface area (Å²) < 4.78 is 5.28. The molecule has 5 heteroatoms. The van der Waals surface area contributed by atoms with Crippen molar-refractivity contribution in [3.8, 4) is 11.8 Å². The minimum atomic E-state index is 0.417. The fourth-order valence-corrected chi connectivity index (χ4v) is 2.32. The summed E-state index contributed by atoms with van der Waals surface area (Å²) >= 11 is 12.2. The number of hydrogen-bond donors (Lipinski definition) is 1. The van der Waals surface area contributed by atoms with Crippen LogP contribution in [-0.4, -0.2) is 7.11 Å². The summed E-state index contributed by atoms with van der Waals surface area (Å²) in [6, 6.07) is 12.8. The van der Waals surface area contributed by atoms with Crippen molar-refractivity contribution < 1.29 is 4.74 Å². The molecule has 0 fully saturated rings. The Kier molecular flexibility index (Phi) is 4.73. The molecule has 0 spiro atoms. The minimum Gasteiger partial charge on any atom is -0.496 e. The molecule has 2 rings (SSSR count). The normalized spacial score (nSPS) is 9.90. The van der Waals surface area contributed by atoms with E-state index in [-0.39, 0.29) is 0 Å². The van der Waals surface area contributed by atoms with Crippen LogP contribution in [0.3, 0.4) is 0 Å². The lowest BCUT2D eigenvalue weighted by atomic mass is 10.1. The Morgan fingerprint density at radius 3 is 2.55 bits per heavy atom. The van der Waals surface area contributed by atoms with Crippen molar-refractivity contribution in [3.63, 3.8) is 0 Å². The maximum Gasteiger partial charge on any atom is 0.125 e. The van der Waals surface area contributed by atoms with E-state index in [0.29, 0.717) is 33.6 Å². The Hall–Kier alpha value is -1.89. The van der Waals surface area contributed by atoms with Gasteiger partial charge in [0.25, 0.3) is 0 Å². The third-order valence-corrected chi connectivity index (χ3v) is 3.55. The first-order valence-electron chi connectivity index (χ1n) is 5.91. The van der Waals surface area contributed by atoms with Gasteiger partial charge in [-0.05, 0) is 24.3 Å². The summed E-state index contributed by atoms with van der Waals surface area (Å²) in [6.45, 7) is 0.442. The number of nitrogens with zero attached hydrogens (tertiary/aromatic N) is 1. The highest BCUT2D eigenvalue weighted by Gasteiger charge is 2.10. The molecule has 0 unspecified atom stereocenters. The number of nitrogens with one attached hydrogen (secondary N) is 1. The van der Waals surface area contributed by atoms with Crippen LogP contribution in [-0.2, 0) is 6.54 Å². The molecule has 0 aliphatic carbocycles. The summed E-state index contributed by atoms with van der Waals surface area (Å²) in [4.78, 5) is 0. The molecule has 1 N–H and O–H groups in total. The number of hydrogen-bond acceptors (Lipinski definition) is 3. The number of anilines is 1. The standard InChI is InChI=1S/C15H12Cl2N2O/c1-20-15-7-3-5-13(17)11(15)9-19-14-6-2-4-12(16)10(14)8-18/h2-7,19H,9H2,1H3. The van der Waals surface area contributed by atoms with Gasteiger partial charge in [0.1, 0.15) is 11.8 Å². The fourth-order valence-electron chi connectivity index (χ4n) is 1.87. The lowest BCUT2D eigenvalue weighted by Crippen LogP contribution is -2.04. The molecular weight excluding hydrogens is 295 g/mol. The number of nitriles is 1. The summed E-state index contributed by atoms with van der Waals surface area (Å²) in [5.41, 5.74) is 1.92. The summed E-state index contributed by atoms with van der Waals surface area (Å²) in [6.07, 6.45) is 0. The summed E-state index contributed by atoms with van der Waals surface area (Å²) in [5.74, 6) is 0.700. The Labute approximate surface area is 127 Å². The van der Waals surface area contributed by atoms with E-state index in [1.54, 1.807) is 31.4 Å². The van der Waals surface area contributed by atoms with E-state index in [0.717, 1.165) is 5.56 Å². The predicted octanol–water partition coefficient (Wildman–Crippen LogP) is 4.49. The summed E-state index contributed by atoms with van der Waals surface area (Å²) in [7, 11) is 1.59. The van der Waals surface area contributed by atoms with Crippen molar-refractivity contribution >= 4 is 28.9 Å². The van der Waals surface area contributed by atoms with Gasteiger partial charge >= 0.3 is 0 Å². The second-order valence-corrected chi connectivity index (χ2v) is 4.86. The van der Waals surface area contributed by atoms with Crippen LogP contribution in [0.1, 0.15) is 11.1 Å². The average Bonchev–Trinajstić information content (AvgIpc) is 2.45. The molecule has 2 aromatic rings. The molecule has 0 heterocycles. The molecule has 3 nitrogen and oxygen atoms in total.